The normalized spacial score (nSPS) is 25.6. The van der Waals surface area contributed by atoms with Crippen LogP contribution in [0.4, 0.5) is 5.82 Å². The van der Waals surface area contributed by atoms with Gasteiger partial charge in [-0.2, -0.15) is 0 Å². The molecule has 2 aromatic heterocycles. The molecule has 2 aliphatic rings. The van der Waals surface area contributed by atoms with Crippen LogP contribution >= 0.6 is 0 Å². The van der Waals surface area contributed by atoms with E-state index in [0.29, 0.717) is 0 Å². The lowest BCUT2D eigenvalue weighted by Gasteiger charge is -2.48. The first-order valence-electron chi connectivity index (χ1n) is 7.57. The number of nitrogens with zero attached hydrogens (tertiary/aromatic N) is 3. The fourth-order valence-electron chi connectivity index (χ4n) is 3.71. The van der Waals surface area contributed by atoms with Crippen molar-refractivity contribution in [1.82, 2.24) is 15.0 Å². The third kappa shape index (κ3) is 2.10. The van der Waals surface area contributed by atoms with Gasteiger partial charge in [0.1, 0.15) is 17.8 Å². The van der Waals surface area contributed by atoms with Crippen molar-refractivity contribution in [2.24, 2.45) is 5.41 Å². The maximum Gasteiger partial charge on any atom is 0.142 e. The summed E-state index contributed by atoms with van der Waals surface area (Å²) in [6, 6.07) is 2.02. The highest BCUT2D eigenvalue weighted by molar-refractivity contribution is 5.87. The number of anilines is 1. The molecule has 1 atom stereocenters. The van der Waals surface area contributed by atoms with Crippen LogP contribution in [0.2, 0.25) is 0 Å². The molecule has 4 rings (SSSR count). The zero-order chi connectivity index (χ0) is 14.3. The minimum atomic E-state index is -0.235. The van der Waals surface area contributed by atoms with Crippen LogP contribution in [0.3, 0.4) is 0 Å². The zero-order valence-corrected chi connectivity index (χ0v) is 12.0. The van der Waals surface area contributed by atoms with Gasteiger partial charge < -0.3 is 19.7 Å². The molecule has 0 saturated carbocycles. The summed E-state index contributed by atoms with van der Waals surface area (Å²) in [6.45, 7) is 3.17. The minimum Gasteiger partial charge on any atom is -0.392 e. The molecule has 2 aliphatic heterocycles. The Kier molecular flexibility index (Phi) is 3.08. The van der Waals surface area contributed by atoms with E-state index < -0.39 is 0 Å². The van der Waals surface area contributed by atoms with Crippen molar-refractivity contribution in [3.05, 3.63) is 18.6 Å². The molecular weight excluding hydrogens is 268 g/mol. The lowest BCUT2D eigenvalue weighted by atomic mass is 9.71. The Hall–Kier alpha value is -1.66. The maximum absolute atomic E-state index is 10.5. The molecule has 2 N–H and O–H groups in total. The number of piperidine rings is 1. The molecule has 1 spiro atoms. The van der Waals surface area contributed by atoms with E-state index >= 15 is 0 Å². The van der Waals surface area contributed by atoms with Gasteiger partial charge in [0.2, 0.25) is 0 Å². The first-order chi connectivity index (χ1) is 10.3. The molecule has 0 aliphatic carbocycles. The number of nitrogens with one attached hydrogen (secondary N) is 1. The fourth-order valence-corrected chi connectivity index (χ4v) is 3.71. The Balaban J connectivity index is 1.68. The largest absolute Gasteiger partial charge is 0.392 e. The summed E-state index contributed by atoms with van der Waals surface area (Å²) < 4.78 is 5.48. The van der Waals surface area contributed by atoms with Gasteiger partial charge in [-0.05, 0) is 25.3 Å². The molecule has 0 aromatic carbocycles. The van der Waals surface area contributed by atoms with Gasteiger partial charge in [-0.15, -0.1) is 0 Å². The maximum atomic E-state index is 10.5. The third-order valence-electron chi connectivity index (χ3n) is 5.01. The van der Waals surface area contributed by atoms with Crippen LogP contribution in [0.25, 0.3) is 11.0 Å². The van der Waals surface area contributed by atoms with Crippen LogP contribution in [0.5, 0.6) is 0 Å². The van der Waals surface area contributed by atoms with Crippen molar-refractivity contribution in [2.45, 2.75) is 25.4 Å². The second-order valence-electron chi connectivity index (χ2n) is 6.14. The SMILES string of the molecule is OC1CCN(c2ncnc3[nH]ccc23)CC12CCOCC2. The molecule has 0 bridgehead atoms. The monoisotopic (exact) mass is 288 g/mol. The molecule has 21 heavy (non-hydrogen) atoms. The highest BCUT2D eigenvalue weighted by Gasteiger charge is 2.44. The molecule has 2 aromatic rings. The van der Waals surface area contributed by atoms with Crippen molar-refractivity contribution in [3.8, 4) is 0 Å². The van der Waals surface area contributed by atoms with Crippen molar-refractivity contribution in [1.29, 1.82) is 0 Å². The topological polar surface area (TPSA) is 74.3 Å². The molecule has 1 unspecified atom stereocenters. The van der Waals surface area contributed by atoms with Gasteiger partial charge in [0.05, 0.1) is 11.5 Å². The summed E-state index contributed by atoms with van der Waals surface area (Å²) in [7, 11) is 0. The number of aliphatic hydroxyl groups excluding tert-OH is 1. The summed E-state index contributed by atoms with van der Waals surface area (Å²) in [4.78, 5) is 14.2. The molecule has 6 heteroatoms. The second kappa shape index (κ2) is 4.96. The van der Waals surface area contributed by atoms with Crippen LogP contribution in [-0.2, 0) is 4.74 Å². The van der Waals surface area contributed by atoms with E-state index in [9.17, 15) is 5.11 Å². The number of fused-ring (bicyclic) bond motifs is 1. The number of hydrogen-bond acceptors (Lipinski definition) is 5. The Morgan fingerprint density at radius 3 is 3.05 bits per heavy atom. The molecule has 2 saturated heterocycles. The summed E-state index contributed by atoms with van der Waals surface area (Å²) in [5, 5.41) is 11.6. The third-order valence-corrected chi connectivity index (χ3v) is 5.01. The lowest BCUT2D eigenvalue weighted by molar-refractivity contribution is -0.0686. The Labute approximate surface area is 123 Å². The van der Waals surface area contributed by atoms with E-state index in [-0.39, 0.29) is 11.5 Å². The summed E-state index contributed by atoms with van der Waals surface area (Å²) >= 11 is 0. The highest BCUT2D eigenvalue weighted by Crippen LogP contribution is 2.41. The highest BCUT2D eigenvalue weighted by atomic mass is 16.5. The summed E-state index contributed by atoms with van der Waals surface area (Å²) in [6.07, 6.45) is 5.90. The van der Waals surface area contributed by atoms with Crippen LogP contribution in [0, 0.1) is 5.41 Å². The first-order valence-corrected chi connectivity index (χ1v) is 7.57. The number of aromatic nitrogens is 3. The summed E-state index contributed by atoms with van der Waals surface area (Å²) in [5.41, 5.74) is 0.816. The quantitative estimate of drug-likeness (QED) is 0.828. The molecule has 4 heterocycles. The molecular formula is C15H20N4O2. The standard InChI is InChI=1S/C15H20N4O2/c20-12-2-6-19(9-15(12)3-7-21-8-4-15)14-11-1-5-16-13(11)17-10-18-14/h1,5,10,12,20H,2-4,6-9H2,(H,16,17,18). The van der Waals surface area contributed by atoms with Gasteiger partial charge in [-0.25, -0.2) is 9.97 Å². The van der Waals surface area contributed by atoms with Gasteiger partial charge in [-0.1, -0.05) is 0 Å². The Bertz CT molecular complexity index is 635. The number of ether oxygens (including phenoxy) is 1. The fraction of sp³-hybridized carbons (Fsp3) is 0.600. The smallest absolute Gasteiger partial charge is 0.142 e. The van der Waals surface area contributed by atoms with Gasteiger partial charge in [0.15, 0.2) is 0 Å². The van der Waals surface area contributed by atoms with E-state index in [2.05, 4.69) is 19.9 Å². The van der Waals surface area contributed by atoms with Crippen LogP contribution in [0.1, 0.15) is 19.3 Å². The zero-order valence-electron chi connectivity index (χ0n) is 12.0. The average molecular weight is 288 g/mol. The van der Waals surface area contributed by atoms with Crippen molar-refractivity contribution in [2.75, 3.05) is 31.2 Å². The van der Waals surface area contributed by atoms with Crippen molar-refractivity contribution < 1.29 is 9.84 Å². The molecule has 112 valence electrons. The Morgan fingerprint density at radius 1 is 1.33 bits per heavy atom. The van der Waals surface area contributed by atoms with Crippen LogP contribution in [-0.4, -0.2) is 52.5 Å². The number of rotatable bonds is 1. The average Bonchev–Trinajstić information content (AvgIpc) is 3.00. The predicted molar refractivity (Wildman–Crippen MR) is 79.2 cm³/mol. The van der Waals surface area contributed by atoms with Gasteiger partial charge in [0, 0.05) is 37.9 Å². The van der Waals surface area contributed by atoms with E-state index in [1.54, 1.807) is 6.33 Å². The number of hydrogen-bond donors (Lipinski definition) is 2. The van der Waals surface area contributed by atoms with E-state index in [1.807, 2.05) is 12.3 Å². The van der Waals surface area contributed by atoms with Gasteiger partial charge in [0.25, 0.3) is 0 Å². The van der Waals surface area contributed by atoms with Gasteiger partial charge >= 0.3 is 0 Å². The van der Waals surface area contributed by atoms with E-state index in [4.69, 9.17) is 4.74 Å². The number of H-pyrrole nitrogens is 1. The molecule has 6 nitrogen and oxygen atoms in total. The van der Waals surface area contributed by atoms with Crippen LogP contribution in [0.15, 0.2) is 18.6 Å². The van der Waals surface area contributed by atoms with Crippen molar-refractivity contribution >= 4 is 16.9 Å². The number of aliphatic hydroxyl groups is 1. The van der Waals surface area contributed by atoms with E-state index in [0.717, 1.165) is 62.4 Å². The molecule has 2 fully saturated rings. The minimum absolute atomic E-state index is 0.0515. The first kappa shape index (κ1) is 13.0. The summed E-state index contributed by atoms with van der Waals surface area (Å²) in [5.74, 6) is 0.971. The van der Waals surface area contributed by atoms with E-state index in [1.165, 1.54) is 0 Å². The van der Waals surface area contributed by atoms with Crippen LogP contribution < -0.4 is 4.90 Å². The molecule has 0 amide bonds. The van der Waals surface area contributed by atoms with Gasteiger partial charge in [-0.3, -0.25) is 0 Å². The second-order valence-corrected chi connectivity index (χ2v) is 6.14. The molecule has 0 radical (unpaired) electrons. The Morgan fingerprint density at radius 2 is 2.19 bits per heavy atom. The predicted octanol–water partition coefficient (Wildman–Crippen LogP) is 1.33. The van der Waals surface area contributed by atoms with Crippen molar-refractivity contribution in [3.63, 3.8) is 0 Å². The lowest BCUT2D eigenvalue weighted by Crippen LogP contribution is -2.54. The number of aromatic amines is 1.